The summed E-state index contributed by atoms with van der Waals surface area (Å²) in [5, 5.41) is 9.62. The van der Waals surface area contributed by atoms with Crippen LogP contribution >= 0.6 is 0 Å². The second kappa shape index (κ2) is 11.0. The lowest BCUT2D eigenvalue weighted by Crippen LogP contribution is -2.38. The van der Waals surface area contributed by atoms with Gasteiger partial charge in [0.1, 0.15) is 17.9 Å². The molecule has 0 amide bonds. The Labute approximate surface area is 188 Å². The monoisotopic (exact) mass is 438 g/mol. The predicted octanol–water partition coefficient (Wildman–Crippen LogP) is 2.83. The van der Waals surface area contributed by atoms with Gasteiger partial charge in [0.05, 0.1) is 13.2 Å². The van der Waals surface area contributed by atoms with E-state index in [1.807, 2.05) is 44.2 Å². The van der Waals surface area contributed by atoms with Gasteiger partial charge in [-0.05, 0) is 35.4 Å². The summed E-state index contributed by atoms with van der Waals surface area (Å²) in [5.74, 6) is -1.12. The summed E-state index contributed by atoms with van der Waals surface area (Å²) < 4.78 is 11.1. The molecule has 3 N–H and O–H groups in total. The van der Waals surface area contributed by atoms with E-state index in [1.54, 1.807) is 18.2 Å². The van der Waals surface area contributed by atoms with Crippen LogP contribution in [0.3, 0.4) is 0 Å². The molecule has 0 aromatic heterocycles. The van der Waals surface area contributed by atoms with Crippen molar-refractivity contribution in [1.82, 2.24) is 4.90 Å². The summed E-state index contributed by atoms with van der Waals surface area (Å²) in [6, 6.07) is 14.7. The zero-order valence-corrected chi connectivity index (χ0v) is 18.5. The molecule has 1 aliphatic carbocycles. The number of carbonyl (C=O) groups excluding carboxylic acids is 1. The van der Waals surface area contributed by atoms with E-state index in [4.69, 9.17) is 15.2 Å². The third-order valence-corrected chi connectivity index (χ3v) is 5.04. The van der Waals surface area contributed by atoms with Gasteiger partial charge in [0, 0.05) is 30.8 Å². The Kier molecular flexibility index (Phi) is 8.16. The summed E-state index contributed by atoms with van der Waals surface area (Å²) >= 11 is 0. The molecule has 1 aliphatic heterocycles. The number of Topliss-reactive ketones (excluding diaryl/α,β-unsaturated/α-hetero) is 1. The first-order chi connectivity index (χ1) is 15.4. The summed E-state index contributed by atoms with van der Waals surface area (Å²) in [6.45, 7) is 8.41. The lowest BCUT2D eigenvalue weighted by molar-refractivity contribution is -0.132. The fraction of sp³-hybridized carbons (Fsp3) is 0.360. The third-order valence-electron chi connectivity index (χ3n) is 5.04. The molecule has 0 unspecified atom stereocenters. The van der Waals surface area contributed by atoms with Crippen LogP contribution in [0.25, 0.3) is 5.57 Å². The minimum Gasteiger partial charge on any atom is -0.492 e. The van der Waals surface area contributed by atoms with Crippen molar-refractivity contribution in [3.05, 3.63) is 70.8 Å². The zero-order chi connectivity index (χ0) is 23.1. The molecule has 32 heavy (non-hydrogen) atoms. The van der Waals surface area contributed by atoms with Gasteiger partial charge in [-0.3, -0.25) is 9.69 Å². The Hall–Kier alpha value is -3.00. The van der Waals surface area contributed by atoms with Crippen LogP contribution in [-0.2, 0) is 9.53 Å². The maximum absolute atomic E-state index is 12.8. The number of aliphatic carboxylic acids is 1. The number of nitrogens with two attached hydrogens (primary N) is 1. The Balaban J connectivity index is 0.000000668. The molecule has 0 radical (unpaired) electrons. The Morgan fingerprint density at radius 2 is 1.78 bits per heavy atom. The minimum absolute atomic E-state index is 0.188. The highest BCUT2D eigenvalue weighted by Gasteiger charge is 2.35. The van der Waals surface area contributed by atoms with Gasteiger partial charge < -0.3 is 20.3 Å². The fourth-order valence-electron chi connectivity index (χ4n) is 3.63. The first-order valence-corrected chi connectivity index (χ1v) is 10.8. The number of rotatable bonds is 6. The minimum atomic E-state index is -1.21. The maximum Gasteiger partial charge on any atom is 0.340 e. The van der Waals surface area contributed by atoms with E-state index in [0.29, 0.717) is 40.7 Å². The molecule has 2 aliphatic rings. The topological polar surface area (TPSA) is 102 Å². The largest absolute Gasteiger partial charge is 0.492 e. The maximum atomic E-state index is 12.8. The summed E-state index contributed by atoms with van der Waals surface area (Å²) in [5.41, 5.74) is 7.11. The van der Waals surface area contributed by atoms with E-state index >= 15 is 0 Å². The molecule has 0 atom stereocenters. The molecule has 1 heterocycles. The molecule has 170 valence electrons. The van der Waals surface area contributed by atoms with Gasteiger partial charge in [0.2, 0.25) is 5.78 Å². The summed E-state index contributed by atoms with van der Waals surface area (Å²) in [7, 11) is 0. The van der Waals surface area contributed by atoms with E-state index < -0.39 is 11.8 Å². The van der Waals surface area contributed by atoms with Crippen molar-refractivity contribution >= 4 is 17.3 Å². The van der Waals surface area contributed by atoms with E-state index in [1.165, 1.54) is 0 Å². The highest BCUT2D eigenvalue weighted by atomic mass is 16.5. The number of hydrogen-bond donors (Lipinski definition) is 2. The Morgan fingerprint density at radius 1 is 1.12 bits per heavy atom. The van der Waals surface area contributed by atoms with Crippen molar-refractivity contribution in [2.24, 2.45) is 5.73 Å². The molecule has 7 heteroatoms. The lowest BCUT2D eigenvalue weighted by atomic mass is 9.97. The molecule has 0 bridgehead atoms. The number of morpholine rings is 1. The highest BCUT2D eigenvalue weighted by Crippen LogP contribution is 2.39. The van der Waals surface area contributed by atoms with Crippen LogP contribution in [0, 0.1) is 0 Å². The second-order valence-corrected chi connectivity index (χ2v) is 8.00. The van der Waals surface area contributed by atoms with Crippen LogP contribution in [-0.4, -0.2) is 67.3 Å². The molecule has 2 aromatic rings. The van der Waals surface area contributed by atoms with Gasteiger partial charge in [0.25, 0.3) is 0 Å². The number of carboxylic acid groups (broad SMARTS) is 1. The number of ketones is 1. The molecule has 0 spiro atoms. The van der Waals surface area contributed by atoms with Crippen LogP contribution in [0.15, 0.2) is 54.1 Å². The number of nitrogens with zero attached hydrogens (tertiary/aromatic N) is 1. The van der Waals surface area contributed by atoms with Crippen LogP contribution < -0.4 is 10.5 Å². The van der Waals surface area contributed by atoms with Gasteiger partial charge in [-0.15, -0.1) is 0 Å². The molecular formula is C25H30N2O5. The van der Waals surface area contributed by atoms with Crippen molar-refractivity contribution in [3.8, 4) is 5.75 Å². The standard InChI is InChI=1S/C22H21NO5.C3H9N/c24-21-18-14-16(28-13-10-23-8-11-27-12-9-23)6-7-17(18)19(20(21)22(25)26)15-4-2-1-3-5-15;1-3(2)4/h1-7,14H,8-13H2,(H,25,26);3H,4H2,1-2H3. The average molecular weight is 439 g/mol. The molecule has 1 saturated heterocycles. The Morgan fingerprint density at radius 3 is 2.41 bits per heavy atom. The van der Waals surface area contributed by atoms with E-state index in [0.717, 1.165) is 32.8 Å². The lowest BCUT2D eigenvalue weighted by Gasteiger charge is -2.26. The van der Waals surface area contributed by atoms with Gasteiger partial charge >= 0.3 is 5.97 Å². The quantitative estimate of drug-likeness (QED) is 0.669. The van der Waals surface area contributed by atoms with Gasteiger partial charge in [-0.2, -0.15) is 0 Å². The number of hydrogen-bond acceptors (Lipinski definition) is 6. The van der Waals surface area contributed by atoms with Crippen molar-refractivity contribution in [1.29, 1.82) is 0 Å². The normalized spacial score (nSPS) is 15.9. The highest BCUT2D eigenvalue weighted by molar-refractivity contribution is 6.34. The van der Waals surface area contributed by atoms with Crippen LogP contribution in [0.2, 0.25) is 0 Å². The van der Waals surface area contributed by atoms with E-state index in [9.17, 15) is 14.7 Å². The number of carbonyl (C=O) groups is 2. The van der Waals surface area contributed by atoms with E-state index in [2.05, 4.69) is 4.90 Å². The third kappa shape index (κ3) is 5.82. The van der Waals surface area contributed by atoms with Crippen molar-refractivity contribution in [2.75, 3.05) is 39.5 Å². The number of carboxylic acids is 1. The molecule has 1 fully saturated rings. The first kappa shape index (κ1) is 23.7. The first-order valence-electron chi connectivity index (χ1n) is 10.8. The second-order valence-electron chi connectivity index (χ2n) is 8.00. The van der Waals surface area contributed by atoms with Crippen molar-refractivity contribution in [3.63, 3.8) is 0 Å². The zero-order valence-electron chi connectivity index (χ0n) is 18.5. The molecule has 4 rings (SSSR count). The van der Waals surface area contributed by atoms with Crippen LogP contribution in [0.1, 0.15) is 35.3 Å². The van der Waals surface area contributed by atoms with Crippen LogP contribution in [0.5, 0.6) is 5.75 Å². The molecule has 2 aromatic carbocycles. The number of benzene rings is 2. The average Bonchev–Trinajstić information content (AvgIpc) is 3.07. The SMILES string of the molecule is CC(C)N.O=C(O)C1=C(c2ccccc2)c2ccc(OCCN3CCOCC3)cc2C1=O. The Bertz CT molecular complexity index is 976. The number of ether oxygens (including phenoxy) is 2. The molecule has 0 saturated carbocycles. The molecular weight excluding hydrogens is 408 g/mol. The van der Waals surface area contributed by atoms with Gasteiger partial charge in [-0.1, -0.05) is 44.2 Å². The van der Waals surface area contributed by atoms with Gasteiger partial charge in [-0.25, -0.2) is 4.79 Å². The summed E-state index contributed by atoms with van der Waals surface area (Å²) in [6.07, 6.45) is 0. The van der Waals surface area contributed by atoms with Gasteiger partial charge in [0.15, 0.2) is 0 Å². The predicted molar refractivity (Wildman–Crippen MR) is 123 cm³/mol. The molecule has 7 nitrogen and oxygen atoms in total. The number of fused-ring (bicyclic) bond motifs is 1. The van der Waals surface area contributed by atoms with E-state index in [-0.39, 0.29) is 5.57 Å². The van der Waals surface area contributed by atoms with Crippen LogP contribution in [0.4, 0.5) is 0 Å². The fourth-order valence-corrected chi connectivity index (χ4v) is 3.63. The van der Waals surface area contributed by atoms with Crippen molar-refractivity contribution < 1.29 is 24.2 Å². The smallest absolute Gasteiger partial charge is 0.340 e. The van der Waals surface area contributed by atoms with Crippen molar-refractivity contribution in [2.45, 2.75) is 19.9 Å². The summed E-state index contributed by atoms with van der Waals surface area (Å²) in [4.78, 5) is 26.8.